The molecule has 17 heavy (non-hydrogen) atoms. The molecule has 88 valence electrons. The summed E-state index contributed by atoms with van der Waals surface area (Å²) in [6, 6.07) is 11.6. The molecule has 2 rings (SSSR count). The first-order valence-corrected chi connectivity index (χ1v) is 5.75. The van der Waals surface area contributed by atoms with Crippen LogP contribution >= 0.6 is 12.2 Å². The number of furan rings is 1. The monoisotopic (exact) mass is 246 g/mol. The highest BCUT2D eigenvalue weighted by Gasteiger charge is 2.04. The van der Waals surface area contributed by atoms with Gasteiger partial charge in [-0.05, 0) is 31.2 Å². The topological polar surface area (TPSA) is 51.2 Å². The molecule has 0 bridgehead atoms. The van der Waals surface area contributed by atoms with E-state index in [4.69, 9.17) is 22.4 Å². The summed E-state index contributed by atoms with van der Waals surface area (Å²) in [7, 11) is 0. The first kappa shape index (κ1) is 11.7. The Kier molecular flexibility index (Phi) is 3.44. The molecule has 2 aromatic rings. The zero-order chi connectivity index (χ0) is 12.3. The van der Waals surface area contributed by atoms with Crippen molar-refractivity contribution in [2.75, 3.05) is 5.32 Å². The summed E-state index contributed by atoms with van der Waals surface area (Å²) < 4.78 is 5.48. The first-order chi connectivity index (χ1) is 8.16. The van der Waals surface area contributed by atoms with Gasteiger partial charge in [-0.2, -0.15) is 0 Å². The van der Waals surface area contributed by atoms with Crippen LogP contribution in [0, 0.1) is 6.92 Å². The van der Waals surface area contributed by atoms with Crippen LogP contribution in [0.15, 0.2) is 40.8 Å². The van der Waals surface area contributed by atoms with Crippen LogP contribution < -0.4 is 11.1 Å². The Morgan fingerprint density at radius 3 is 2.71 bits per heavy atom. The lowest BCUT2D eigenvalue weighted by Crippen LogP contribution is -2.12. The van der Waals surface area contributed by atoms with Crippen molar-refractivity contribution in [2.45, 2.75) is 13.5 Å². The molecule has 3 nitrogen and oxygen atoms in total. The lowest BCUT2D eigenvalue weighted by Gasteiger charge is -2.09. The van der Waals surface area contributed by atoms with Gasteiger partial charge in [-0.25, -0.2) is 0 Å². The van der Waals surface area contributed by atoms with E-state index in [1.165, 1.54) is 0 Å². The summed E-state index contributed by atoms with van der Waals surface area (Å²) >= 11 is 5.00. The average Bonchev–Trinajstić information content (AvgIpc) is 2.73. The van der Waals surface area contributed by atoms with Crippen LogP contribution in [0.25, 0.3) is 0 Å². The number of para-hydroxylation sites is 1. The highest BCUT2D eigenvalue weighted by atomic mass is 32.1. The lowest BCUT2D eigenvalue weighted by molar-refractivity contribution is 0.490. The van der Waals surface area contributed by atoms with Crippen molar-refractivity contribution >= 4 is 22.9 Å². The number of benzene rings is 1. The van der Waals surface area contributed by atoms with E-state index < -0.39 is 0 Å². The lowest BCUT2D eigenvalue weighted by atomic mass is 10.2. The maximum absolute atomic E-state index is 5.66. The van der Waals surface area contributed by atoms with Crippen molar-refractivity contribution in [1.82, 2.24) is 0 Å². The minimum Gasteiger partial charge on any atom is -0.465 e. The summed E-state index contributed by atoms with van der Waals surface area (Å²) in [6.07, 6.45) is 0. The average molecular weight is 246 g/mol. The highest BCUT2D eigenvalue weighted by molar-refractivity contribution is 7.80. The van der Waals surface area contributed by atoms with E-state index in [0.29, 0.717) is 11.5 Å². The minimum atomic E-state index is 0.392. The number of rotatable bonds is 4. The molecule has 1 aromatic carbocycles. The Hall–Kier alpha value is -1.81. The molecule has 0 fully saturated rings. The second kappa shape index (κ2) is 5.01. The molecule has 1 heterocycles. The predicted molar refractivity (Wildman–Crippen MR) is 73.1 cm³/mol. The quantitative estimate of drug-likeness (QED) is 0.814. The van der Waals surface area contributed by atoms with Crippen molar-refractivity contribution in [3.8, 4) is 0 Å². The Bertz CT molecular complexity index is 534. The second-order valence-corrected chi connectivity index (χ2v) is 4.22. The minimum absolute atomic E-state index is 0.392. The van der Waals surface area contributed by atoms with Gasteiger partial charge in [0.1, 0.15) is 16.5 Å². The third-order valence-electron chi connectivity index (χ3n) is 2.44. The number of nitrogens with two attached hydrogens (primary N) is 1. The smallest absolute Gasteiger partial charge is 0.123 e. The molecule has 0 atom stereocenters. The van der Waals surface area contributed by atoms with E-state index in [1.807, 2.05) is 43.3 Å². The molecule has 0 unspecified atom stereocenters. The van der Waals surface area contributed by atoms with E-state index in [2.05, 4.69) is 5.32 Å². The van der Waals surface area contributed by atoms with Crippen LogP contribution in [-0.2, 0) is 6.54 Å². The van der Waals surface area contributed by atoms with Gasteiger partial charge in [-0.15, -0.1) is 0 Å². The van der Waals surface area contributed by atoms with E-state index in [1.54, 1.807) is 0 Å². The number of nitrogens with one attached hydrogen (secondary N) is 1. The SMILES string of the molecule is Cc1ccc(CNc2ccccc2C(N)=S)o1. The van der Waals surface area contributed by atoms with Gasteiger partial charge < -0.3 is 15.5 Å². The van der Waals surface area contributed by atoms with Gasteiger partial charge in [-0.3, -0.25) is 0 Å². The summed E-state index contributed by atoms with van der Waals surface area (Å²) in [4.78, 5) is 0.392. The van der Waals surface area contributed by atoms with Gasteiger partial charge in [0, 0.05) is 11.3 Å². The molecule has 0 aliphatic heterocycles. The van der Waals surface area contributed by atoms with E-state index in [0.717, 1.165) is 22.8 Å². The maximum Gasteiger partial charge on any atom is 0.123 e. The molecule has 0 saturated heterocycles. The molecule has 0 amide bonds. The summed E-state index contributed by atoms with van der Waals surface area (Å²) in [5.74, 6) is 1.80. The fourth-order valence-corrected chi connectivity index (χ4v) is 1.79. The fourth-order valence-electron chi connectivity index (χ4n) is 1.61. The molecule has 0 aliphatic rings. The van der Waals surface area contributed by atoms with Crippen LogP contribution in [0.5, 0.6) is 0 Å². The van der Waals surface area contributed by atoms with Gasteiger partial charge >= 0.3 is 0 Å². The summed E-state index contributed by atoms with van der Waals surface area (Å²) in [5, 5.41) is 3.26. The largest absolute Gasteiger partial charge is 0.465 e. The van der Waals surface area contributed by atoms with Gasteiger partial charge in [0.2, 0.25) is 0 Å². The van der Waals surface area contributed by atoms with Crippen LogP contribution in [0.1, 0.15) is 17.1 Å². The number of hydrogen-bond donors (Lipinski definition) is 2. The third-order valence-corrected chi connectivity index (χ3v) is 2.66. The van der Waals surface area contributed by atoms with E-state index in [9.17, 15) is 0 Å². The predicted octanol–water partition coefficient (Wildman–Crippen LogP) is 2.83. The van der Waals surface area contributed by atoms with Gasteiger partial charge in [-0.1, -0.05) is 24.4 Å². The Labute approximate surface area is 106 Å². The molecule has 0 saturated carbocycles. The van der Waals surface area contributed by atoms with Crippen LogP contribution in [0.4, 0.5) is 5.69 Å². The van der Waals surface area contributed by atoms with Gasteiger partial charge in [0.15, 0.2) is 0 Å². The highest BCUT2D eigenvalue weighted by Crippen LogP contribution is 2.16. The third kappa shape index (κ3) is 2.85. The molecule has 3 N–H and O–H groups in total. The van der Waals surface area contributed by atoms with Gasteiger partial charge in [0.25, 0.3) is 0 Å². The molecular formula is C13H14N2OS. The number of aryl methyl sites for hydroxylation is 1. The van der Waals surface area contributed by atoms with Gasteiger partial charge in [0.05, 0.1) is 6.54 Å². The number of hydrogen-bond acceptors (Lipinski definition) is 3. The van der Waals surface area contributed by atoms with Crippen molar-refractivity contribution < 1.29 is 4.42 Å². The molecule has 0 aliphatic carbocycles. The molecule has 0 spiro atoms. The maximum atomic E-state index is 5.66. The van der Waals surface area contributed by atoms with E-state index >= 15 is 0 Å². The summed E-state index contributed by atoms with van der Waals surface area (Å²) in [5.41, 5.74) is 7.43. The van der Waals surface area contributed by atoms with Crippen LogP contribution in [-0.4, -0.2) is 4.99 Å². The molecular weight excluding hydrogens is 232 g/mol. The second-order valence-electron chi connectivity index (χ2n) is 3.78. The van der Waals surface area contributed by atoms with E-state index in [-0.39, 0.29) is 0 Å². The number of thiocarbonyl (C=S) groups is 1. The van der Waals surface area contributed by atoms with Crippen molar-refractivity contribution in [2.24, 2.45) is 5.73 Å². The molecule has 4 heteroatoms. The van der Waals surface area contributed by atoms with Crippen LogP contribution in [0.3, 0.4) is 0 Å². The zero-order valence-electron chi connectivity index (χ0n) is 9.57. The van der Waals surface area contributed by atoms with Crippen molar-refractivity contribution in [3.63, 3.8) is 0 Å². The number of anilines is 1. The normalized spacial score (nSPS) is 10.2. The summed E-state index contributed by atoms with van der Waals surface area (Å²) in [6.45, 7) is 2.54. The zero-order valence-corrected chi connectivity index (χ0v) is 10.4. The van der Waals surface area contributed by atoms with Crippen molar-refractivity contribution in [1.29, 1.82) is 0 Å². The Morgan fingerprint density at radius 1 is 1.29 bits per heavy atom. The molecule has 1 aromatic heterocycles. The van der Waals surface area contributed by atoms with Crippen LogP contribution in [0.2, 0.25) is 0 Å². The Morgan fingerprint density at radius 2 is 2.06 bits per heavy atom. The molecule has 0 radical (unpaired) electrons. The fraction of sp³-hybridized carbons (Fsp3) is 0.154. The van der Waals surface area contributed by atoms with Crippen molar-refractivity contribution in [3.05, 3.63) is 53.5 Å². The first-order valence-electron chi connectivity index (χ1n) is 5.35. The standard InChI is InChI=1S/C13H14N2OS/c1-9-6-7-10(16-9)8-15-12-5-3-2-4-11(12)13(14)17/h2-7,15H,8H2,1H3,(H2,14,17). The Balaban J connectivity index is 2.11.